The normalized spacial score (nSPS) is 22.9. The smallest absolute Gasteiger partial charge is 0.0906 e. The molecule has 15 heavy (non-hydrogen) atoms. The van der Waals surface area contributed by atoms with Gasteiger partial charge in [-0.25, -0.2) is 0 Å². The van der Waals surface area contributed by atoms with E-state index < -0.39 is 0 Å². The van der Waals surface area contributed by atoms with Gasteiger partial charge in [-0.3, -0.25) is 4.90 Å². The third-order valence-electron chi connectivity index (χ3n) is 3.01. The summed E-state index contributed by atoms with van der Waals surface area (Å²) < 4.78 is 0. The number of likely N-dealkylation sites (N-methyl/N-ethyl adjacent to an activating group) is 2. The molecule has 1 aromatic rings. The molecule has 1 aliphatic heterocycles. The van der Waals surface area contributed by atoms with Crippen molar-refractivity contribution in [3.8, 4) is 0 Å². The van der Waals surface area contributed by atoms with Crippen molar-refractivity contribution in [3.63, 3.8) is 0 Å². The Morgan fingerprint density at radius 3 is 3.20 bits per heavy atom. The van der Waals surface area contributed by atoms with Gasteiger partial charge in [0.25, 0.3) is 0 Å². The number of piperazine rings is 1. The topological polar surface area (TPSA) is 18.5 Å². The maximum absolute atomic E-state index is 3.45. The van der Waals surface area contributed by atoms with Crippen LogP contribution in [0.5, 0.6) is 0 Å². The van der Waals surface area contributed by atoms with Gasteiger partial charge in [0.15, 0.2) is 0 Å². The summed E-state index contributed by atoms with van der Waals surface area (Å²) in [6.45, 7) is 4.48. The minimum absolute atomic E-state index is 0.630. The lowest BCUT2D eigenvalue weighted by atomic mass is 10.2. The molecule has 1 fully saturated rings. The van der Waals surface area contributed by atoms with E-state index in [0.29, 0.717) is 6.04 Å². The van der Waals surface area contributed by atoms with E-state index in [0.717, 1.165) is 26.2 Å². The summed E-state index contributed by atoms with van der Waals surface area (Å²) in [6, 6.07) is 4.92. The predicted molar refractivity (Wildman–Crippen MR) is 66.9 cm³/mol. The second-order valence-electron chi connectivity index (χ2n) is 4.17. The zero-order valence-electron chi connectivity index (χ0n) is 9.44. The van der Waals surface area contributed by atoms with Crippen LogP contribution in [0.2, 0.25) is 0 Å². The Kier molecular flexibility index (Phi) is 3.61. The molecule has 2 rings (SSSR count). The van der Waals surface area contributed by atoms with E-state index in [9.17, 15) is 0 Å². The van der Waals surface area contributed by atoms with Crippen LogP contribution >= 0.6 is 11.3 Å². The number of thiophene rings is 1. The highest BCUT2D eigenvalue weighted by Gasteiger charge is 2.20. The summed E-state index contributed by atoms with van der Waals surface area (Å²) in [7, 11) is 4.39. The first-order valence-electron chi connectivity index (χ1n) is 5.43. The summed E-state index contributed by atoms with van der Waals surface area (Å²) in [5, 5.41) is 6.94. The van der Waals surface area contributed by atoms with Gasteiger partial charge >= 0.3 is 0 Å². The number of rotatable bonds is 3. The molecule has 84 valence electrons. The minimum atomic E-state index is 0.630. The molecule has 4 heteroatoms. The number of nitrogens with zero attached hydrogens (tertiary/aromatic N) is 2. The second-order valence-corrected chi connectivity index (χ2v) is 5.10. The monoisotopic (exact) mass is 225 g/mol. The van der Waals surface area contributed by atoms with E-state index in [-0.39, 0.29) is 0 Å². The number of hydrogen-bond donors (Lipinski definition) is 1. The van der Waals surface area contributed by atoms with Gasteiger partial charge in [0, 0.05) is 39.3 Å². The van der Waals surface area contributed by atoms with Gasteiger partial charge < -0.3 is 10.2 Å². The molecule has 0 saturated carbocycles. The maximum atomic E-state index is 3.45. The predicted octanol–water partition coefficient (Wildman–Crippen LogP) is 1.09. The zero-order chi connectivity index (χ0) is 10.7. The van der Waals surface area contributed by atoms with Crippen LogP contribution < -0.4 is 10.2 Å². The quantitative estimate of drug-likeness (QED) is 0.831. The fourth-order valence-electron chi connectivity index (χ4n) is 1.96. The van der Waals surface area contributed by atoms with E-state index in [1.165, 1.54) is 5.00 Å². The third-order valence-corrected chi connectivity index (χ3v) is 3.99. The highest BCUT2D eigenvalue weighted by molar-refractivity contribution is 7.14. The third kappa shape index (κ3) is 2.71. The van der Waals surface area contributed by atoms with Gasteiger partial charge in [0.05, 0.1) is 5.00 Å². The zero-order valence-corrected chi connectivity index (χ0v) is 10.3. The van der Waals surface area contributed by atoms with Crippen molar-refractivity contribution in [1.29, 1.82) is 0 Å². The van der Waals surface area contributed by atoms with Crippen LogP contribution in [-0.2, 0) is 0 Å². The molecule has 0 aromatic carbocycles. The average Bonchev–Trinajstić information content (AvgIpc) is 2.74. The molecular weight excluding hydrogens is 206 g/mol. The molecule has 1 atom stereocenters. The van der Waals surface area contributed by atoms with Gasteiger partial charge in [0.1, 0.15) is 0 Å². The molecule has 0 aliphatic carbocycles. The van der Waals surface area contributed by atoms with Gasteiger partial charge in [-0.1, -0.05) is 0 Å². The molecule has 0 spiro atoms. The van der Waals surface area contributed by atoms with Crippen molar-refractivity contribution in [3.05, 3.63) is 17.5 Å². The first-order valence-corrected chi connectivity index (χ1v) is 6.31. The average molecular weight is 225 g/mol. The van der Waals surface area contributed by atoms with Crippen molar-refractivity contribution < 1.29 is 0 Å². The Bertz CT molecular complexity index is 286. The molecule has 1 N–H and O–H groups in total. The minimum Gasteiger partial charge on any atom is -0.365 e. The highest BCUT2D eigenvalue weighted by Crippen LogP contribution is 2.20. The largest absolute Gasteiger partial charge is 0.365 e. The lowest BCUT2D eigenvalue weighted by molar-refractivity contribution is 0.204. The molecule has 0 amide bonds. The lowest BCUT2D eigenvalue weighted by Crippen LogP contribution is -2.53. The molecule has 1 aromatic heterocycles. The number of anilines is 1. The number of nitrogens with one attached hydrogen (secondary N) is 1. The summed E-state index contributed by atoms with van der Waals surface area (Å²) >= 11 is 1.81. The highest BCUT2D eigenvalue weighted by atomic mass is 32.1. The molecule has 0 bridgehead atoms. The van der Waals surface area contributed by atoms with Crippen molar-refractivity contribution in [1.82, 2.24) is 10.2 Å². The summed E-state index contributed by atoms with van der Waals surface area (Å²) in [6.07, 6.45) is 0. The van der Waals surface area contributed by atoms with Crippen molar-refractivity contribution in [2.75, 3.05) is 45.2 Å². The molecule has 1 unspecified atom stereocenters. The van der Waals surface area contributed by atoms with E-state index in [2.05, 4.69) is 46.7 Å². The van der Waals surface area contributed by atoms with E-state index in [1.807, 2.05) is 11.3 Å². The fourth-order valence-corrected chi connectivity index (χ4v) is 2.67. The Balaban J connectivity index is 1.90. The summed E-state index contributed by atoms with van der Waals surface area (Å²) in [5.74, 6) is 0. The van der Waals surface area contributed by atoms with E-state index in [4.69, 9.17) is 0 Å². The summed E-state index contributed by atoms with van der Waals surface area (Å²) in [5.41, 5.74) is 0. The van der Waals surface area contributed by atoms with Crippen LogP contribution in [0.1, 0.15) is 0 Å². The van der Waals surface area contributed by atoms with E-state index >= 15 is 0 Å². The Labute approximate surface area is 95.7 Å². The first kappa shape index (κ1) is 10.9. The second kappa shape index (κ2) is 4.96. The fraction of sp³-hybridized carbons (Fsp3) is 0.636. The lowest BCUT2D eigenvalue weighted by Gasteiger charge is -2.35. The number of hydrogen-bond acceptors (Lipinski definition) is 4. The molecule has 2 heterocycles. The van der Waals surface area contributed by atoms with Crippen LogP contribution in [0, 0.1) is 0 Å². The van der Waals surface area contributed by atoms with Crippen LogP contribution in [0.4, 0.5) is 5.00 Å². The van der Waals surface area contributed by atoms with Gasteiger partial charge in [-0.05, 0) is 24.6 Å². The Morgan fingerprint density at radius 1 is 1.67 bits per heavy atom. The Morgan fingerprint density at radius 2 is 2.53 bits per heavy atom. The molecular formula is C11H19N3S. The van der Waals surface area contributed by atoms with Crippen LogP contribution in [0.3, 0.4) is 0 Å². The van der Waals surface area contributed by atoms with Gasteiger partial charge in [-0.15, -0.1) is 11.3 Å². The van der Waals surface area contributed by atoms with Crippen LogP contribution in [0.15, 0.2) is 17.5 Å². The maximum Gasteiger partial charge on any atom is 0.0906 e. The summed E-state index contributed by atoms with van der Waals surface area (Å²) in [4.78, 5) is 4.79. The van der Waals surface area contributed by atoms with Crippen molar-refractivity contribution in [2.45, 2.75) is 6.04 Å². The Hall–Kier alpha value is -0.580. The first-order chi connectivity index (χ1) is 7.27. The standard InChI is InChI=1S/C11H19N3S/c1-13-6-5-12-8-10(13)9-14(2)11-4-3-7-15-11/h3-4,7,10,12H,5-6,8-9H2,1-2H3. The molecule has 0 radical (unpaired) electrons. The van der Waals surface area contributed by atoms with Gasteiger partial charge in [-0.2, -0.15) is 0 Å². The van der Waals surface area contributed by atoms with Crippen molar-refractivity contribution in [2.24, 2.45) is 0 Å². The van der Waals surface area contributed by atoms with Crippen LogP contribution in [-0.4, -0.2) is 51.2 Å². The molecule has 1 saturated heterocycles. The van der Waals surface area contributed by atoms with Gasteiger partial charge in [0.2, 0.25) is 0 Å². The molecule has 1 aliphatic rings. The van der Waals surface area contributed by atoms with Crippen molar-refractivity contribution >= 4 is 16.3 Å². The van der Waals surface area contributed by atoms with E-state index in [1.54, 1.807) is 0 Å². The molecule has 3 nitrogen and oxygen atoms in total. The van der Waals surface area contributed by atoms with Crippen LogP contribution in [0.25, 0.3) is 0 Å². The SMILES string of the molecule is CN(CC1CNCCN1C)c1cccs1.